The highest BCUT2D eigenvalue weighted by atomic mass is 19.1. The van der Waals surface area contributed by atoms with Gasteiger partial charge in [0.05, 0.1) is 0 Å². The van der Waals surface area contributed by atoms with Gasteiger partial charge in [-0.1, -0.05) is 48.4 Å². The number of aromatic nitrogens is 1. The molecular weight excluding hydrogens is 379 g/mol. The zero-order chi connectivity index (χ0) is 21.3. The van der Waals surface area contributed by atoms with Gasteiger partial charge >= 0.3 is 5.97 Å². The molecule has 1 saturated carbocycles. The summed E-state index contributed by atoms with van der Waals surface area (Å²) in [6, 6.07) is 14.9. The summed E-state index contributed by atoms with van der Waals surface area (Å²) in [5, 5.41) is 13.6. The van der Waals surface area contributed by atoms with Crippen molar-refractivity contribution >= 4 is 5.97 Å². The van der Waals surface area contributed by atoms with Crippen LogP contribution >= 0.6 is 0 Å². The van der Waals surface area contributed by atoms with Gasteiger partial charge in [-0.3, -0.25) is 0 Å². The second-order valence-corrected chi connectivity index (χ2v) is 8.18. The van der Waals surface area contributed by atoms with Gasteiger partial charge in [-0.25, -0.2) is 9.18 Å². The predicted octanol–water partition coefficient (Wildman–Crippen LogP) is 5.30. The van der Waals surface area contributed by atoms with Gasteiger partial charge in [-0.05, 0) is 49.9 Å². The minimum absolute atomic E-state index is 0.277. The van der Waals surface area contributed by atoms with Crippen LogP contribution in [0.5, 0.6) is 0 Å². The molecular formula is C25H27FN2O2. The van der Waals surface area contributed by atoms with E-state index in [-0.39, 0.29) is 11.5 Å². The molecule has 4 rings (SSSR count). The molecule has 0 saturated heterocycles. The molecule has 0 spiro atoms. The average Bonchev–Trinajstić information content (AvgIpc) is 2.94. The first-order valence-electron chi connectivity index (χ1n) is 10.4. The Bertz CT molecular complexity index is 1070. The first-order chi connectivity index (χ1) is 14.4. The van der Waals surface area contributed by atoms with Gasteiger partial charge in [0.1, 0.15) is 11.5 Å². The van der Waals surface area contributed by atoms with Gasteiger partial charge in [0.15, 0.2) is 0 Å². The van der Waals surface area contributed by atoms with Crippen LogP contribution in [0.2, 0.25) is 0 Å². The highest BCUT2D eigenvalue weighted by Crippen LogP contribution is 2.34. The van der Waals surface area contributed by atoms with E-state index in [4.69, 9.17) is 0 Å². The third-order valence-electron chi connectivity index (χ3n) is 6.07. The van der Waals surface area contributed by atoms with Crippen LogP contribution in [-0.4, -0.2) is 21.7 Å². The molecule has 0 amide bonds. The standard InChI is InChI=1S/C25H27FN2O2/c1-16-9-11-18(12-10-16)15-28-17(2)23(19-5-3-6-20(26)13-19)22(24(28)25(29)30)14-27-21-7-4-8-21/h3,5-6,9-13,21,27H,4,7-8,14-15H2,1-2H3,(H,29,30). The largest absolute Gasteiger partial charge is 0.477 e. The summed E-state index contributed by atoms with van der Waals surface area (Å²) in [5.74, 6) is -1.29. The molecule has 2 aromatic carbocycles. The lowest BCUT2D eigenvalue weighted by Crippen LogP contribution is -2.35. The van der Waals surface area contributed by atoms with Gasteiger partial charge in [-0.2, -0.15) is 0 Å². The molecule has 1 heterocycles. The first kappa shape index (κ1) is 20.4. The van der Waals surface area contributed by atoms with E-state index in [0.29, 0.717) is 24.7 Å². The number of carboxylic acids is 1. The van der Waals surface area contributed by atoms with Gasteiger partial charge < -0.3 is 15.0 Å². The number of hydrogen-bond donors (Lipinski definition) is 2. The van der Waals surface area contributed by atoms with Crippen molar-refractivity contribution in [3.05, 3.63) is 82.4 Å². The molecule has 3 aromatic rings. The Balaban J connectivity index is 1.83. The zero-order valence-electron chi connectivity index (χ0n) is 17.4. The molecule has 2 N–H and O–H groups in total. The van der Waals surface area contributed by atoms with Crippen molar-refractivity contribution in [3.8, 4) is 11.1 Å². The van der Waals surface area contributed by atoms with Crippen molar-refractivity contribution < 1.29 is 14.3 Å². The maximum atomic E-state index is 14.0. The summed E-state index contributed by atoms with van der Waals surface area (Å²) < 4.78 is 15.9. The Morgan fingerprint density at radius 2 is 1.90 bits per heavy atom. The van der Waals surface area contributed by atoms with Gasteiger partial charge in [-0.15, -0.1) is 0 Å². The van der Waals surface area contributed by atoms with E-state index in [2.05, 4.69) is 5.32 Å². The summed E-state index contributed by atoms with van der Waals surface area (Å²) in [6.45, 7) is 4.87. The molecule has 30 heavy (non-hydrogen) atoms. The molecule has 0 atom stereocenters. The van der Waals surface area contributed by atoms with Crippen molar-refractivity contribution in [2.24, 2.45) is 0 Å². The fraction of sp³-hybridized carbons (Fsp3) is 0.320. The van der Waals surface area contributed by atoms with Gasteiger partial charge in [0.25, 0.3) is 0 Å². The van der Waals surface area contributed by atoms with E-state index in [9.17, 15) is 14.3 Å². The second kappa shape index (κ2) is 8.44. The number of benzene rings is 2. The smallest absolute Gasteiger partial charge is 0.352 e. The van der Waals surface area contributed by atoms with Crippen LogP contribution < -0.4 is 5.32 Å². The number of nitrogens with one attached hydrogen (secondary N) is 1. The van der Waals surface area contributed by atoms with E-state index in [1.54, 1.807) is 6.07 Å². The van der Waals surface area contributed by atoms with Crippen LogP contribution in [0.15, 0.2) is 48.5 Å². The van der Waals surface area contributed by atoms with Crippen molar-refractivity contribution in [1.82, 2.24) is 9.88 Å². The Hall–Kier alpha value is -2.92. The van der Waals surface area contributed by atoms with Crippen molar-refractivity contribution in [2.75, 3.05) is 0 Å². The minimum Gasteiger partial charge on any atom is -0.477 e. The molecule has 1 fully saturated rings. The van der Waals surface area contributed by atoms with Crippen molar-refractivity contribution in [1.29, 1.82) is 0 Å². The molecule has 5 heteroatoms. The number of rotatable bonds is 7. The molecule has 1 aromatic heterocycles. The zero-order valence-corrected chi connectivity index (χ0v) is 17.4. The average molecular weight is 407 g/mol. The summed E-state index contributed by atoms with van der Waals surface area (Å²) in [4.78, 5) is 12.4. The normalized spacial score (nSPS) is 14.0. The van der Waals surface area contributed by atoms with Crippen LogP contribution in [0.25, 0.3) is 11.1 Å². The summed E-state index contributed by atoms with van der Waals surface area (Å²) in [6.07, 6.45) is 3.43. The van der Waals surface area contributed by atoms with Gasteiger partial charge in [0.2, 0.25) is 0 Å². The summed E-state index contributed by atoms with van der Waals surface area (Å²) in [5.41, 5.74) is 5.56. The maximum absolute atomic E-state index is 14.0. The molecule has 1 aliphatic carbocycles. The van der Waals surface area contributed by atoms with Crippen molar-refractivity contribution in [2.45, 2.75) is 52.2 Å². The number of aryl methyl sites for hydroxylation is 1. The number of halogens is 1. The van der Waals surface area contributed by atoms with Crippen LogP contribution in [0.3, 0.4) is 0 Å². The van der Waals surface area contributed by atoms with Crippen LogP contribution in [0.4, 0.5) is 4.39 Å². The maximum Gasteiger partial charge on any atom is 0.352 e. The van der Waals surface area contributed by atoms with E-state index >= 15 is 0 Å². The number of nitrogens with zero attached hydrogens (tertiary/aromatic N) is 1. The SMILES string of the molecule is Cc1ccc(Cn2c(C)c(-c3cccc(F)c3)c(CNC3CCC3)c2C(=O)O)cc1. The lowest BCUT2D eigenvalue weighted by molar-refractivity contribution is 0.0683. The predicted molar refractivity (Wildman–Crippen MR) is 116 cm³/mol. The quantitative estimate of drug-likeness (QED) is 0.560. The summed E-state index contributed by atoms with van der Waals surface area (Å²) >= 11 is 0. The van der Waals surface area contributed by atoms with Gasteiger partial charge in [0, 0.05) is 36.0 Å². The lowest BCUT2D eigenvalue weighted by atomic mass is 9.92. The molecule has 1 aliphatic rings. The number of carbonyl (C=O) groups is 1. The Morgan fingerprint density at radius 3 is 2.50 bits per heavy atom. The topological polar surface area (TPSA) is 54.3 Å². The van der Waals surface area contributed by atoms with E-state index < -0.39 is 5.97 Å². The Morgan fingerprint density at radius 1 is 1.17 bits per heavy atom. The Kier molecular flexibility index (Phi) is 5.73. The third kappa shape index (κ3) is 4.03. The number of hydrogen-bond acceptors (Lipinski definition) is 2. The minimum atomic E-state index is -0.960. The fourth-order valence-electron chi connectivity index (χ4n) is 4.18. The number of carboxylic acid groups (broad SMARTS) is 1. The monoisotopic (exact) mass is 406 g/mol. The van der Waals surface area contributed by atoms with Crippen molar-refractivity contribution in [3.63, 3.8) is 0 Å². The first-order valence-corrected chi connectivity index (χ1v) is 10.4. The van der Waals surface area contributed by atoms with Crippen LogP contribution in [0.1, 0.15) is 52.1 Å². The van der Waals surface area contributed by atoms with Crippen LogP contribution in [-0.2, 0) is 13.1 Å². The molecule has 4 nitrogen and oxygen atoms in total. The third-order valence-corrected chi connectivity index (χ3v) is 6.07. The molecule has 0 bridgehead atoms. The number of aromatic carboxylic acids is 1. The van der Waals surface area contributed by atoms with E-state index in [1.165, 1.54) is 18.6 Å². The lowest BCUT2D eigenvalue weighted by Gasteiger charge is -2.26. The Labute approximate surface area is 176 Å². The fourth-order valence-corrected chi connectivity index (χ4v) is 4.18. The van der Waals surface area contributed by atoms with E-state index in [0.717, 1.165) is 40.8 Å². The van der Waals surface area contributed by atoms with Crippen LogP contribution in [0, 0.1) is 19.7 Å². The molecule has 0 unspecified atom stereocenters. The van der Waals surface area contributed by atoms with E-state index in [1.807, 2.05) is 48.7 Å². The highest BCUT2D eigenvalue weighted by Gasteiger charge is 2.27. The second-order valence-electron chi connectivity index (χ2n) is 8.18. The highest BCUT2D eigenvalue weighted by molar-refractivity contribution is 5.92. The molecule has 0 radical (unpaired) electrons. The summed E-state index contributed by atoms with van der Waals surface area (Å²) in [7, 11) is 0. The molecule has 156 valence electrons. The molecule has 0 aliphatic heterocycles.